The van der Waals surface area contributed by atoms with Crippen LogP contribution in [0.15, 0.2) is 24.3 Å². The average molecular weight is 493 g/mol. The van der Waals surface area contributed by atoms with E-state index in [1.54, 1.807) is 12.1 Å². The number of unbranched alkanes of at least 4 members (excludes halogenated alkanes) is 10. The molecular formula is C24H37NaO7S. The predicted molar refractivity (Wildman–Crippen MR) is 123 cm³/mol. The van der Waals surface area contributed by atoms with Crippen molar-refractivity contribution in [2.75, 3.05) is 19.0 Å². The molecule has 0 aliphatic carbocycles. The van der Waals surface area contributed by atoms with Crippen LogP contribution in [0.1, 0.15) is 105 Å². The first kappa shape index (κ1) is 32.1. The van der Waals surface area contributed by atoms with Crippen molar-refractivity contribution in [1.29, 1.82) is 0 Å². The van der Waals surface area contributed by atoms with Crippen molar-refractivity contribution in [3.8, 4) is 0 Å². The van der Waals surface area contributed by atoms with E-state index in [1.165, 1.54) is 63.5 Å². The Balaban J connectivity index is 0.0000102. The summed E-state index contributed by atoms with van der Waals surface area (Å²) in [6, 6.07) is 6.16. The Bertz CT molecular complexity index is 781. The van der Waals surface area contributed by atoms with Crippen molar-refractivity contribution in [1.82, 2.24) is 0 Å². The van der Waals surface area contributed by atoms with Gasteiger partial charge < -0.3 is 14.0 Å². The maximum absolute atomic E-state index is 12.4. The van der Waals surface area contributed by atoms with Gasteiger partial charge in [0.1, 0.15) is 0 Å². The van der Waals surface area contributed by atoms with E-state index in [4.69, 9.17) is 9.47 Å². The fraction of sp³-hybridized carbons (Fsp3) is 0.667. The summed E-state index contributed by atoms with van der Waals surface area (Å²) in [7, 11) is -4.35. The van der Waals surface area contributed by atoms with Crippen LogP contribution in [0.4, 0.5) is 0 Å². The first-order valence-corrected chi connectivity index (χ1v) is 13.3. The Morgan fingerprint density at radius 1 is 0.727 bits per heavy atom. The van der Waals surface area contributed by atoms with Gasteiger partial charge in [-0.1, -0.05) is 83.3 Å². The quantitative estimate of drug-likeness (QED) is 0.134. The SMILES string of the molecule is CCCCCCCCCCCCCOC(=O)c1ccccc1C(=O)OCCCS(=O)(=O)[O-].[Na+]. The molecule has 0 spiro atoms. The van der Waals surface area contributed by atoms with Crippen LogP contribution >= 0.6 is 0 Å². The first-order chi connectivity index (χ1) is 15.3. The third-order valence-corrected chi connectivity index (χ3v) is 5.91. The van der Waals surface area contributed by atoms with Gasteiger partial charge in [-0.3, -0.25) is 0 Å². The molecule has 0 N–H and O–H groups in total. The number of carbonyl (C=O) groups is 2. The van der Waals surface area contributed by atoms with Gasteiger partial charge in [-0.2, -0.15) is 0 Å². The minimum absolute atomic E-state index is 0. The van der Waals surface area contributed by atoms with Crippen LogP contribution in [0, 0.1) is 0 Å². The van der Waals surface area contributed by atoms with E-state index >= 15 is 0 Å². The Morgan fingerprint density at radius 2 is 1.12 bits per heavy atom. The predicted octanol–water partition coefficient (Wildman–Crippen LogP) is 2.25. The number of hydrogen-bond donors (Lipinski definition) is 0. The fourth-order valence-electron chi connectivity index (χ4n) is 3.33. The number of ether oxygens (including phenoxy) is 2. The van der Waals surface area contributed by atoms with Gasteiger partial charge in [0, 0.05) is 5.75 Å². The van der Waals surface area contributed by atoms with Crippen LogP contribution in [0.2, 0.25) is 0 Å². The number of hydrogen-bond acceptors (Lipinski definition) is 7. The average Bonchev–Trinajstić information content (AvgIpc) is 2.76. The third-order valence-electron chi connectivity index (χ3n) is 5.12. The van der Waals surface area contributed by atoms with Crippen LogP contribution in [0.3, 0.4) is 0 Å². The van der Waals surface area contributed by atoms with Crippen molar-refractivity contribution in [2.24, 2.45) is 0 Å². The monoisotopic (exact) mass is 492 g/mol. The van der Waals surface area contributed by atoms with Gasteiger partial charge in [0.05, 0.1) is 34.5 Å². The maximum Gasteiger partial charge on any atom is 1.00 e. The molecule has 0 atom stereocenters. The minimum atomic E-state index is -4.35. The van der Waals surface area contributed by atoms with Gasteiger partial charge in [-0.15, -0.1) is 0 Å². The van der Waals surface area contributed by atoms with Crippen molar-refractivity contribution >= 4 is 22.1 Å². The zero-order chi connectivity index (χ0) is 23.7. The molecule has 0 aromatic heterocycles. The molecule has 0 saturated carbocycles. The molecule has 0 aliphatic rings. The minimum Gasteiger partial charge on any atom is -0.748 e. The number of esters is 2. The van der Waals surface area contributed by atoms with Crippen LogP contribution in [0.5, 0.6) is 0 Å². The number of carbonyl (C=O) groups excluding carboxylic acids is 2. The molecule has 9 heteroatoms. The Hall–Kier alpha value is -0.930. The van der Waals surface area contributed by atoms with Gasteiger partial charge >= 0.3 is 41.5 Å². The summed E-state index contributed by atoms with van der Waals surface area (Å²) < 4.78 is 42.1. The van der Waals surface area contributed by atoms with E-state index in [0.717, 1.165) is 19.3 Å². The second-order valence-electron chi connectivity index (χ2n) is 7.97. The summed E-state index contributed by atoms with van der Waals surface area (Å²) in [5, 5.41) is 0. The maximum atomic E-state index is 12.4. The number of rotatable bonds is 18. The molecule has 1 aromatic carbocycles. The Kier molecular flexibility index (Phi) is 18.8. The topological polar surface area (TPSA) is 110 Å². The van der Waals surface area contributed by atoms with E-state index in [9.17, 15) is 22.6 Å². The smallest absolute Gasteiger partial charge is 0.748 e. The molecule has 0 amide bonds. The zero-order valence-corrected chi connectivity index (χ0v) is 23.0. The van der Waals surface area contributed by atoms with Gasteiger partial charge in [-0.25, -0.2) is 18.0 Å². The van der Waals surface area contributed by atoms with E-state index in [-0.39, 0.29) is 53.7 Å². The molecule has 0 unspecified atom stereocenters. The van der Waals surface area contributed by atoms with E-state index < -0.39 is 27.8 Å². The van der Waals surface area contributed by atoms with Gasteiger partial charge in [0.2, 0.25) is 0 Å². The molecule has 0 saturated heterocycles. The van der Waals surface area contributed by atoms with E-state index in [0.29, 0.717) is 6.61 Å². The Morgan fingerprint density at radius 3 is 1.55 bits per heavy atom. The molecule has 182 valence electrons. The summed E-state index contributed by atoms with van der Waals surface area (Å²) in [6.45, 7) is 2.30. The number of benzene rings is 1. The fourth-order valence-corrected chi connectivity index (χ4v) is 3.80. The molecule has 7 nitrogen and oxygen atoms in total. The largest absolute Gasteiger partial charge is 1.00 e. The van der Waals surface area contributed by atoms with Crippen LogP contribution in [-0.2, 0) is 19.6 Å². The molecule has 0 aliphatic heterocycles. The second-order valence-corrected chi connectivity index (χ2v) is 9.49. The standard InChI is InChI=1S/C24H38O7S.Na/c1-2-3-4-5-6-7-8-9-10-11-14-18-30-23(25)21-16-12-13-17-22(21)24(26)31-19-15-20-32(27,28)29;/h12-13,16-17H,2-11,14-15,18-20H2,1H3,(H,27,28,29);/q;+1/p-1. The van der Waals surface area contributed by atoms with Crippen molar-refractivity contribution in [2.45, 2.75) is 84.0 Å². The Labute approximate surface area is 221 Å². The molecule has 0 bridgehead atoms. The molecule has 0 heterocycles. The summed E-state index contributed by atoms with van der Waals surface area (Å²) in [5.74, 6) is -1.95. The van der Waals surface area contributed by atoms with E-state index in [1.807, 2.05) is 0 Å². The molecule has 0 radical (unpaired) electrons. The van der Waals surface area contributed by atoms with Gasteiger partial charge in [0.15, 0.2) is 0 Å². The molecular weight excluding hydrogens is 455 g/mol. The van der Waals surface area contributed by atoms with Crippen molar-refractivity contribution in [3.05, 3.63) is 35.4 Å². The van der Waals surface area contributed by atoms with Crippen molar-refractivity contribution < 1.29 is 61.6 Å². The third kappa shape index (κ3) is 16.4. The summed E-state index contributed by atoms with van der Waals surface area (Å²) in [5.41, 5.74) is 0.165. The van der Waals surface area contributed by atoms with E-state index in [2.05, 4.69) is 6.92 Å². The van der Waals surface area contributed by atoms with Crippen LogP contribution < -0.4 is 29.6 Å². The molecule has 0 fully saturated rings. The first-order valence-electron chi connectivity index (χ1n) is 11.7. The van der Waals surface area contributed by atoms with Crippen molar-refractivity contribution in [3.63, 3.8) is 0 Å². The summed E-state index contributed by atoms with van der Waals surface area (Å²) in [6.07, 6.45) is 13.1. The molecule has 33 heavy (non-hydrogen) atoms. The molecule has 1 rings (SSSR count). The zero-order valence-electron chi connectivity index (χ0n) is 20.2. The molecule has 1 aromatic rings. The summed E-state index contributed by atoms with van der Waals surface area (Å²) >= 11 is 0. The second kappa shape index (κ2) is 19.4. The van der Waals surface area contributed by atoms with Crippen LogP contribution in [-0.4, -0.2) is 43.9 Å². The normalized spacial score (nSPS) is 11.0. The summed E-state index contributed by atoms with van der Waals surface area (Å²) in [4.78, 5) is 24.6. The van der Waals surface area contributed by atoms with Gasteiger partial charge in [-0.05, 0) is 25.0 Å². The van der Waals surface area contributed by atoms with Gasteiger partial charge in [0.25, 0.3) is 0 Å². The van der Waals surface area contributed by atoms with Crippen LogP contribution in [0.25, 0.3) is 0 Å².